The van der Waals surface area contributed by atoms with Crippen molar-refractivity contribution in [3.63, 3.8) is 0 Å². The summed E-state index contributed by atoms with van der Waals surface area (Å²) in [6.07, 6.45) is 9.82. The highest BCUT2D eigenvalue weighted by molar-refractivity contribution is 8.35. The third-order valence-corrected chi connectivity index (χ3v) is 3.78. The minimum absolute atomic E-state index is 0.263. The molecule has 0 fully saturated rings. The Balaban J connectivity index is 2.56. The standard InChI is InChI=1S/C7H14S/c1-8(2)6-4-3-5-7-8/h4,6H,3,5,7H2,1-2H3. The molecule has 0 amide bonds. The lowest BCUT2D eigenvalue weighted by Gasteiger charge is -2.29. The van der Waals surface area contributed by atoms with E-state index in [-0.39, 0.29) is 10.0 Å². The van der Waals surface area contributed by atoms with Gasteiger partial charge >= 0.3 is 0 Å². The minimum atomic E-state index is -0.263. The summed E-state index contributed by atoms with van der Waals surface area (Å²) in [4.78, 5) is 0. The van der Waals surface area contributed by atoms with Crippen LogP contribution in [-0.4, -0.2) is 18.3 Å². The molecule has 0 aromatic carbocycles. The van der Waals surface area contributed by atoms with E-state index in [9.17, 15) is 0 Å². The van der Waals surface area contributed by atoms with E-state index in [1.54, 1.807) is 0 Å². The van der Waals surface area contributed by atoms with Crippen molar-refractivity contribution in [3.05, 3.63) is 11.5 Å². The van der Waals surface area contributed by atoms with Crippen molar-refractivity contribution in [2.24, 2.45) is 0 Å². The summed E-state index contributed by atoms with van der Waals surface area (Å²) in [5, 5.41) is 2.41. The first-order valence-corrected chi connectivity index (χ1v) is 5.76. The zero-order valence-corrected chi connectivity index (χ0v) is 6.50. The van der Waals surface area contributed by atoms with Gasteiger partial charge in [-0.1, -0.05) is 11.5 Å². The Morgan fingerprint density at radius 2 is 2.12 bits per heavy atom. The van der Waals surface area contributed by atoms with E-state index in [0.717, 1.165) is 0 Å². The Bertz CT molecular complexity index is 103. The second kappa shape index (κ2) is 2.14. The van der Waals surface area contributed by atoms with Crippen molar-refractivity contribution < 1.29 is 0 Å². The van der Waals surface area contributed by atoms with Crippen LogP contribution in [0.2, 0.25) is 0 Å². The van der Waals surface area contributed by atoms with Gasteiger partial charge in [0.2, 0.25) is 0 Å². The van der Waals surface area contributed by atoms with Crippen LogP contribution < -0.4 is 0 Å². The fourth-order valence-corrected chi connectivity index (χ4v) is 2.67. The van der Waals surface area contributed by atoms with Gasteiger partial charge < -0.3 is 0 Å². The second-order valence-electron chi connectivity index (χ2n) is 2.84. The van der Waals surface area contributed by atoms with E-state index in [0.29, 0.717) is 0 Å². The molecule has 0 aromatic rings. The van der Waals surface area contributed by atoms with Crippen LogP contribution in [0.15, 0.2) is 11.5 Å². The zero-order chi connectivity index (χ0) is 6.04. The predicted molar refractivity (Wildman–Crippen MR) is 42.7 cm³/mol. The van der Waals surface area contributed by atoms with Gasteiger partial charge in [-0.05, 0) is 31.1 Å². The molecule has 0 N–H and O–H groups in total. The van der Waals surface area contributed by atoms with Crippen LogP contribution in [0.25, 0.3) is 0 Å². The van der Waals surface area contributed by atoms with Gasteiger partial charge in [-0.25, -0.2) is 10.0 Å². The summed E-state index contributed by atoms with van der Waals surface area (Å²) >= 11 is 0. The van der Waals surface area contributed by atoms with Crippen LogP contribution in [-0.2, 0) is 0 Å². The molecule has 0 bridgehead atoms. The minimum Gasteiger partial charge on any atom is -0.227 e. The SMILES string of the molecule is CS1(C)C=CCCC1. The van der Waals surface area contributed by atoms with Gasteiger partial charge in [-0.3, -0.25) is 0 Å². The summed E-state index contributed by atoms with van der Waals surface area (Å²) in [5.41, 5.74) is 0. The average molecular weight is 130 g/mol. The molecule has 0 aromatic heterocycles. The van der Waals surface area contributed by atoms with E-state index in [2.05, 4.69) is 24.0 Å². The fourth-order valence-electron chi connectivity index (χ4n) is 0.970. The highest BCUT2D eigenvalue weighted by Crippen LogP contribution is 2.44. The molecule has 0 spiro atoms. The van der Waals surface area contributed by atoms with Crippen molar-refractivity contribution in [1.82, 2.24) is 0 Å². The summed E-state index contributed by atoms with van der Waals surface area (Å²) in [6.45, 7) is 0. The molecular formula is C7H14S. The summed E-state index contributed by atoms with van der Waals surface area (Å²) in [5.74, 6) is 1.45. The van der Waals surface area contributed by atoms with E-state index in [1.807, 2.05) is 0 Å². The third-order valence-electron chi connectivity index (χ3n) is 1.51. The van der Waals surface area contributed by atoms with Crippen LogP contribution in [0.5, 0.6) is 0 Å². The second-order valence-corrected chi connectivity index (χ2v) is 6.77. The van der Waals surface area contributed by atoms with Crippen LogP contribution in [0.1, 0.15) is 12.8 Å². The molecule has 1 aliphatic rings. The van der Waals surface area contributed by atoms with E-state index in [4.69, 9.17) is 0 Å². The molecule has 0 aliphatic carbocycles. The summed E-state index contributed by atoms with van der Waals surface area (Å²) in [7, 11) is -0.263. The van der Waals surface area contributed by atoms with E-state index < -0.39 is 0 Å². The number of hydrogen-bond acceptors (Lipinski definition) is 0. The number of hydrogen-bond donors (Lipinski definition) is 0. The molecule has 8 heavy (non-hydrogen) atoms. The smallest absolute Gasteiger partial charge is 0.0196 e. The van der Waals surface area contributed by atoms with Gasteiger partial charge in [-0.2, -0.15) is 0 Å². The lowest BCUT2D eigenvalue weighted by atomic mass is 10.3. The molecule has 1 rings (SSSR count). The van der Waals surface area contributed by atoms with Crippen LogP contribution in [0.3, 0.4) is 0 Å². The molecule has 0 saturated carbocycles. The highest BCUT2D eigenvalue weighted by Gasteiger charge is 2.08. The van der Waals surface area contributed by atoms with Gasteiger partial charge in [0.25, 0.3) is 0 Å². The van der Waals surface area contributed by atoms with Gasteiger partial charge in [0.15, 0.2) is 0 Å². The quantitative estimate of drug-likeness (QED) is 0.472. The van der Waals surface area contributed by atoms with Gasteiger partial charge in [0.1, 0.15) is 0 Å². The van der Waals surface area contributed by atoms with Crippen molar-refractivity contribution in [2.45, 2.75) is 12.8 Å². The molecule has 1 heteroatoms. The Hall–Kier alpha value is 0.0900. The fraction of sp³-hybridized carbons (Fsp3) is 0.714. The summed E-state index contributed by atoms with van der Waals surface area (Å²) < 4.78 is 0. The predicted octanol–water partition coefficient (Wildman–Crippen LogP) is 2.36. The molecule has 1 heterocycles. The van der Waals surface area contributed by atoms with E-state index >= 15 is 0 Å². The van der Waals surface area contributed by atoms with Gasteiger partial charge in [0, 0.05) is 0 Å². The number of allylic oxidation sites excluding steroid dienone is 1. The third kappa shape index (κ3) is 1.55. The van der Waals surface area contributed by atoms with Crippen LogP contribution in [0, 0.1) is 0 Å². The lowest BCUT2D eigenvalue weighted by molar-refractivity contribution is 0.958. The molecule has 1 aliphatic heterocycles. The maximum Gasteiger partial charge on any atom is -0.0196 e. The van der Waals surface area contributed by atoms with Crippen LogP contribution >= 0.6 is 10.0 Å². The monoisotopic (exact) mass is 130 g/mol. The Morgan fingerprint density at radius 3 is 2.38 bits per heavy atom. The van der Waals surface area contributed by atoms with Crippen molar-refractivity contribution in [2.75, 3.05) is 18.3 Å². The Kier molecular flexibility index (Phi) is 1.66. The average Bonchev–Trinajstić information content (AvgIpc) is 1.65. The normalized spacial score (nSPS) is 29.8. The number of rotatable bonds is 0. The zero-order valence-electron chi connectivity index (χ0n) is 5.68. The van der Waals surface area contributed by atoms with Gasteiger partial charge in [0.05, 0.1) is 0 Å². The lowest BCUT2D eigenvalue weighted by Crippen LogP contribution is -2.00. The molecule has 0 atom stereocenters. The topological polar surface area (TPSA) is 0 Å². The van der Waals surface area contributed by atoms with Crippen molar-refractivity contribution in [1.29, 1.82) is 0 Å². The maximum atomic E-state index is 2.41. The first kappa shape index (κ1) is 6.21. The Labute approximate surface area is 53.3 Å². The largest absolute Gasteiger partial charge is 0.227 e. The van der Waals surface area contributed by atoms with E-state index in [1.165, 1.54) is 18.6 Å². The molecule has 0 saturated heterocycles. The molecular weight excluding hydrogens is 116 g/mol. The summed E-state index contributed by atoms with van der Waals surface area (Å²) in [6, 6.07) is 0. The molecule has 0 radical (unpaired) electrons. The maximum absolute atomic E-state index is 2.41. The highest BCUT2D eigenvalue weighted by atomic mass is 32.3. The first-order valence-electron chi connectivity index (χ1n) is 3.08. The molecule has 0 nitrogen and oxygen atoms in total. The van der Waals surface area contributed by atoms with Crippen LogP contribution in [0.4, 0.5) is 0 Å². The van der Waals surface area contributed by atoms with Crippen molar-refractivity contribution >= 4 is 10.0 Å². The first-order chi connectivity index (χ1) is 3.71. The van der Waals surface area contributed by atoms with Gasteiger partial charge in [-0.15, -0.1) is 0 Å². The Morgan fingerprint density at radius 1 is 1.38 bits per heavy atom. The molecule has 48 valence electrons. The molecule has 0 unspecified atom stereocenters. The van der Waals surface area contributed by atoms with Crippen molar-refractivity contribution in [3.8, 4) is 0 Å².